The van der Waals surface area contributed by atoms with Gasteiger partial charge < -0.3 is 14.8 Å². The summed E-state index contributed by atoms with van der Waals surface area (Å²) >= 11 is 0. The van der Waals surface area contributed by atoms with Crippen molar-refractivity contribution in [2.24, 2.45) is 5.92 Å². The topological polar surface area (TPSA) is 47.6 Å². The number of nitrogens with one attached hydrogen (secondary N) is 1. The number of carbonyl (C=O) groups is 1. The maximum Gasteiger partial charge on any atom is 0.256 e. The van der Waals surface area contributed by atoms with Crippen molar-refractivity contribution in [2.75, 3.05) is 18.5 Å². The molecule has 1 rings (SSSR count). The molecule has 0 unspecified atom stereocenters. The summed E-state index contributed by atoms with van der Waals surface area (Å²) in [5.74, 6) is 1.10. The van der Waals surface area contributed by atoms with Crippen molar-refractivity contribution in [3.63, 3.8) is 0 Å². The van der Waals surface area contributed by atoms with Crippen LogP contribution in [-0.2, 0) is 9.53 Å². The monoisotopic (exact) mass is 321 g/mol. The van der Waals surface area contributed by atoms with Gasteiger partial charge in [0.25, 0.3) is 5.91 Å². The maximum atomic E-state index is 12.6. The summed E-state index contributed by atoms with van der Waals surface area (Å²) in [5.41, 5.74) is -0.0494. The third kappa shape index (κ3) is 6.61. The van der Waals surface area contributed by atoms with Crippen molar-refractivity contribution in [1.29, 1.82) is 0 Å². The average Bonchev–Trinajstić information content (AvgIpc) is 2.48. The molecule has 23 heavy (non-hydrogen) atoms. The molecule has 0 aliphatic rings. The summed E-state index contributed by atoms with van der Waals surface area (Å²) < 4.78 is 11.4. The lowest BCUT2D eigenvalue weighted by molar-refractivity contribution is -0.140. The van der Waals surface area contributed by atoms with Gasteiger partial charge in [0, 0.05) is 12.3 Å². The molecule has 0 radical (unpaired) electrons. The van der Waals surface area contributed by atoms with Crippen LogP contribution in [0.3, 0.4) is 0 Å². The number of rotatable bonds is 10. The summed E-state index contributed by atoms with van der Waals surface area (Å²) in [7, 11) is 0. The molecule has 1 aromatic carbocycles. The summed E-state index contributed by atoms with van der Waals surface area (Å²) in [6.07, 6.45) is 2.84. The fraction of sp³-hybridized carbons (Fsp3) is 0.632. The molecule has 0 aliphatic heterocycles. The van der Waals surface area contributed by atoms with E-state index >= 15 is 0 Å². The predicted molar refractivity (Wildman–Crippen MR) is 95.0 cm³/mol. The summed E-state index contributed by atoms with van der Waals surface area (Å²) in [6, 6.07) is 7.49. The molecule has 130 valence electrons. The number of hydrogen-bond donors (Lipinski definition) is 1. The third-order valence-electron chi connectivity index (χ3n) is 3.62. The van der Waals surface area contributed by atoms with Gasteiger partial charge in [-0.3, -0.25) is 4.79 Å². The predicted octanol–water partition coefficient (Wildman–Crippen LogP) is 4.65. The first-order valence-corrected chi connectivity index (χ1v) is 8.59. The number of carbonyl (C=O) groups excluding carboxylic acids is 1. The molecular weight excluding hydrogens is 290 g/mol. The van der Waals surface area contributed by atoms with Gasteiger partial charge in [-0.1, -0.05) is 27.2 Å². The zero-order chi connectivity index (χ0) is 17.3. The molecule has 0 fully saturated rings. The Hall–Kier alpha value is -1.55. The van der Waals surface area contributed by atoms with E-state index in [9.17, 15) is 4.79 Å². The summed E-state index contributed by atoms with van der Waals surface area (Å²) in [6.45, 7) is 11.3. The molecule has 1 amide bonds. The van der Waals surface area contributed by atoms with Crippen molar-refractivity contribution >= 4 is 11.6 Å². The first kappa shape index (κ1) is 19.5. The van der Waals surface area contributed by atoms with Crippen molar-refractivity contribution in [3.8, 4) is 5.75 Å². The second kappa shape index (κ2) is 9.56. The van der Waals surface area contributed by atoms with Crippen molar-refractivity contribution < 1.29 is 14.3 Å². The Bertz CT molecular complexity index is 470. The lowest BCUT2D eigenvalue weighted by atomic mass is 9.93. The molecule has 0 aliphatic carbocycles. The molecule has 0 saturated heterocycles. The normalized spacial score (nSPS) is 13.7. The average molecular weight is 321 g/mol. The van der Waals surface area contributed by atoms with Crippen LogP contribution in [0.2, 0.25) is 0 Å². The standard InChI is InChI=1S/C19H31NO3/c1-6-8-13-22-17-11-9-16(10-12-17)20-18(21)19(5,23-7-2)14-15(3)4/h9-12,15H,6-8,13-14H2,1-5H3,(H,20,21)/t19-/m0/s1. The molecule has 0 saturated carbocycles. The smallest absolute Gasteiger partial charge is 0.256 e. The first-order valence-electron chi connectivity index (χ1n) is 8.59. The zero-order valence-electron chi connectivity index (χ0n) is 15.1. The van der Waals surface area contributed by atoms with E-state index < -0.39 is 5.60 Å². The van der Waals surface area contributed by atoms with Gasteiger partial charge in [0.2, 0.25) is 0 Å². The van der Waals surface area contributed by atoms with E-state index in [0.717, 1.165) is 30.9 Å². The van der Waals surface area contributed by atoms with Crippen LogP contribution in [0.1, 0.15) is 53.9 Å². The quantitative estimate of drug-likeness (QED) is 0.638. The number of unbranched alkanes of at least 4 members (excludes halogenated alkanes) is 1. The minimum atomic E-state index is -0.806. The Balaban J connectivity index is 2.67. The van der Waals surface area contributed by atoms with Gasteiger partial charge in [0.1, 0.15) is 11.4 Å². The Kier molecular flexibility index (Phi) is 8.10. The zero-order valence-corrected chi connectivity index (χ0v) is 15.1. The van der Waals surface area contributed by atoms with Crippen LogP contribution in [-0.4, -0.2) is 24.7 Å². The van der Waals surface area contributed by atoms with E-state index in [4.69, 9.17) is 9.47 Å². The molecule has 1 atom stereocenters. The highest BCUT2D eigenvalue weighted by molar-refractivity contribution is 5.97. The molecule has 0 spiro atoms. The van der Waals surface area contributed by atoms with Gasteiger partial charge >= 0.3 is 0 Å². The molecule has 0 bridgehead atoms. The van der Waals surface area contributed by atoms with Gasteiger partial charge in [-0.2, -0.15) is 0 Å². The minimum Gasteiger partial charge on any atom is -0.494 e. The van der Waals surface area contributed by atoms with Crippen LogP contribution >= 0.6 is 0 Å². The lowest BCUT2D eigenvalue weighted by Crippen LogP contribution is -2.43. The van der Waals surface area contributed by atoms with Crippen LogP contribution in [0.25, 0.3) is 0 Å². The van der Waals surface area contributed by atoms with Crippen LogP contribution in [0, 0.1) is 5.92 Å². The highest BCUT2D eigenvalue weighted by atomic mass is 16.5. The first-order chi connectivity index (χ1) is 10.9. The Morgan fingerprint density at radius 2 is 1.87 bits per heavy atom. The van der Waals surface area contributed by atoms with Crippen LogP contribution < -0.4 is 10.1 Å². The van der Waals surface area contributed by atoms with Gasteiger partial charge in [-0.25, -0.2) is 0 Å². The van der Waals surface area contributed by atoms with E-state index in [1.807, 2.05) is 38.1 Å². The molecule has 1 N–H and O–H groups in total. The Morgan fingerprint density at radius 3 is 2.39 bits per heavy atom. The fourth-order valence-electron chi connectivity index (χ4n) is 2.55. The van der Waals surface area contributed by atoms with Crippen LogP contribution in [0.15, 0.2) is 24.3 Å². The van der Waals surface area contributed by atoms with Gasteiger partial charge in [0.05, 0.1) is 6.61 Å². The molecule has 0 heterocycles. The largest absolute Gasteiger partial charge is 0.494 e. The SMILES string of the molecule is CCCCOc1ccc(NC(=O)[C@](C)(CC(C)C)OCC)cc1. The Morgan fingerprint density at radius 1 is 1.22 bits per heavy atom. The maximum absolute atomic E-state index is 12.6. The summed E-state index contributed by atoms with van der Waals surface area (Å²) in [4.78, 5) is 12.6. The summed E-state index contributed by atoms with van der Waals surface area (Å²) in [5, 5.41) is 2.95. The molecule has 0 aromatic heterocycles. The second-order valence-corrected chi connectivity index (χ2v) is 6.44. The van der Waals surface area contributed by atoms with Crippen molar-refractivity contribution in [1.82, 2.24) is 0 Å². The molecular formula is C19H31NO3. The number of anilines is 1. The minimum absolute atomic E-state index is 0.104. The van der Waals surface area contributed by atoms with Gasteiger partial charge in [-0.05, 0) is 56.9 Å². The van der Waals surface area contributed by atoms with Gasteiger partial charge in [0.15, 0.2) is 0 Å². The van der Waals surface area contributed by atoms with E-state index in [1.165, 1.54) is 0 Å². The van der Waals surface area contributed by atoms with E-state index in [0.29, 0.717) is 18.9 Å². The van der Waals surface area contributed by atoms with Crippen LogP contribution in [0.5, 0.6) is 5.75 Å². The molecule has 4 heteroatoms. The number of amides is 1. The Labute approximate surface area is 140 Å². The second-order valence-electron chi connectivity index (χ2n) is 6.44. The van der Waals surface area contributed by atoms with Crippen LogP contribution in [0.4, 0.5) is 5.69 Å². The van der Waals surface area contributed by atoms with Gasteiger partial charge in [-0.15, -0.1) is 0 Å². The third-order valence-corrected chi connectivity index (χ3v) is 3.62. The van der Waals surface area contributed by atoms with E-state index in [-0.39, 0.29) is 5.91 Å². The highest BCUT2D eigenvalue weighted by Gasteiger charge is 2.34. The fourth-order valence-corrected chi connectivity index (χ4v) is 2.55. The van der Waals surface area contributed by atoms with Crippen molar-refractivity contribution in [3.05, 3.63) is 24.3 Å². The van der Waals surface area contributed by atoms with E-state index in [1.54, 1.807) is 0 Å². The molecule has 4 nitrogen and oxygen atoms in total. The number of ether oxygens (including phenoxy) is 2. The number of hydrogen-bond acceptors (Lipinski definition) is 3. The van der Waals surface area contributed by atoms with Crippen molar-refractivity contribution in [2.45, 2.75) is 59.5 Å². The molecule has 1 aromatic rings. The van der Waals surface area contributed by atoms with E-state index in [2.05, 4.69) is 26.1 Å². The lowest BCUT2D eigenvalue weighted by Gasteiger charge is -2.29. The highest BCUT2D eigenvalue weighted by Crippen LogP contribution is 2.24. The number of benzene rings is 1.